The summed E-state index contributed by atoms with van der Waals surface area (Å²) in [6.07, 6.45) is 1.08. The summed E-state index contributed by atoms with van der Waals surface area (Å²) < 4.78 is 6.05. The summed E-state index contributed by atoms with van der Waals surface area (Å²) in [6.45, 7) is 1.79. The molecule has 6 rings (SSSR count). The van der Waals surface area contributed by atoms with Gasteiger partial charge in [-0.25, -0.2) is 9.97 Å². The largest absolute Gasteiger partial charge is 0.432 e. The molecule has 3 heterocycles. The number of likely N-dealkylation sites (tertiary alicyclic amines) is 1. The van der Waals surface area contributed by atoms with Gasteiger partial charge in [-0.15, -0.1) is 0 Å². The molecule has 1 fully saturated rings. The molecular formula is C25H20N4OS. The number of aromatic nitrogens is 3. The third kappa shape index (κ3) is 3.29. The zero-order valence-electron chi connectivity index (χ0n) is 16.8. The van der Waals surface area contributed by atoms with Gasteiger partial charge in [0.05, 0.1) is 11.0 Å². The van der Waals surface area contributed by atoms with Crippen LogP contribution in [0.4, 0.5) is 0 Å². The highest BCUT2D eigenvalue weighted by Crippen LogP contribution is 2.29. The van der Waals surface area contributed by atoms with Crippen molar-refractivity contribution in [3.8, 4) is 5.75 Å². The maximum Gasteiger partial charge on any atom is 0.264 e. The van der Waals surface area contributed by atoms with E-state index in [1.54, 1.807) is 0 Å². The number of ether oxygens (including phenoxy) is 1. The molecule has 0 aliphatic carbocycles. The van der Waals surface area contributed by atoms with Crippen LogP contribution >= 0.6 is 12.2 Å². The van der Waals surface area contributed by atoms with E-state index in [1.165, 1.54) is 5.56 Å². The average Bonchev–Trinajstić information content (AvgIpc) is 3.43. The van der Waals surface area contributed by atoms with Gasteiger partial charge in [-0.05, 0) is 42.4 Å². The van der Waals surface area contributed by atoms with E-state index in [2.05, 4.69) is 46.3 Å². The molecule has 31 heavy (non-hydrogen) atoms. The summed E-state index contributed by atoms with van der Waals surface area (Å²) in [5, 5.41) is 1.58. The molecule has 1 saturated heterocycles. The molecule has 0 unspecified atom stereocenters. The standard InChI is InChI=1S/C25H20N4OS/c31-25(29-13-12-17(15-29)16-6-2-1-3-7-16)30-18-10-11-21-22(14-18)26-23-19-8-4-5-9-20(19)27-24(23)28-21/h1-11,14,17H,12-13,15H2,(H,27,28)/t17-/m0/s1. The Morgan fingerprint density at radius 1 is 0.968 bits per heavy atom. The number of hydrogen-bond donors (Lipinski definition) is 1. The maximum atomic E-state index is 6.05. The van der Waals surface area contributed by atoms with Gasteiger partial charge in [0, 0.05) is 36.0 Å². The van der Waals surface area contributed by atoms with E-state index < -0.39 is 0 Å². The first kappa shape index (κ1) is 18.3. The molecule has 1 aliphatic heterocycles. The van der Waals surface area contributed by atoms with E-state index in [0.29, 0.717) is 16.8 Å². The quantitative estimate of drug-likeness (QED) is 0.384. The third-order valence-corrected chi connectivity index (χ3v) is 6.34. The average molecular weight is 425 g/mol. The van der Waals surface area contributed by atoms with E-state index in [4.69, 9.17) is 26.9 Å². The zero-order chi connectivity index (χ0) is 20.8. The van der Waals surface area contributed by atoms with Crippen LogP contribution < -0.4 is 4.74 Å². The Hall–Kier alpha value is -3.51. The second-order valence-corrected chi connectivity index (χ2v) is 8.30. The van der Waals surface area contributed by atoms with Crippen molar-refractivity contribution in [1.82, 2.24) is 19.9 Å². The van der Waals surface area contributed by atoms with Crippen LogP contribution in [0, 0.1) is 0 Å². The van der Waals surface area contributed by atoms with E-state index >= 15 is 0 Å². The molecule has 152 valence electrons. The Kier molecular flexibility index (Phi) is 4.32. The van der Waals surface area contributed by atoms with Gasteiger partial charge in [0.2, 0.25) is 0 Å². The first-order valence-electron chi connectivity index (χ1n) is 10.4. The lowest BCUT2D eigenvalue weighted by molar-refractivity contribution is 0.403. The topological polar surface area (TPSA) is 54.0 Å². The van der Waals surface area contributed by atoms with Gasteiger partial charge >= 0.3 is 0 Å². The lowest BCUT2D eigenvalue weighted by Crippen LogP contribution is -2.31. The third-order valence-electron chi connectivity index (χ3n) is 5.99. The molecule has 0 spiro atoms. The molecule has 0 radical (unpaired) electrons. The highest BCUT2D eigenvalue weighted by Gasteiger charge is 2.26. The van der Waals surface area contributed by atoms with Crippen LogP contribution in [0.5, 0.6) is 5.75 Å². The number of H-pyrrole nitrogens is 1. The minimum Gasteiger partial charge on any atom is -0.432 e. The fraction of sp³-hybridized carbons (Fsp3) is 0.160. The Balaban J connectivity index is 1.25. The van der Waals surface area contributed by atoms with Gasteiger partial charge in [0.15, 0.2) is 5.65 Å². The van der Waals surface area contributed by atoms with Crippen molar-refractivity contribution in [2.75, 3.05) is 13.1 Å². The number of rotatable bonds is 2. The molecule has 5 aromatic rings. The molecule has 1 aliphatic rings. The summed E-state index contributed by atoms with van der Waals surface area (Å²) in [5.41, 5.74) is 5.67. The van der Waals surface area contributed by atoms with Crippen LogP contribution in [0.15, 0.2) is 72.8 Å². The summed E-state index contributed by atoms with van der Waals surface area (Å²) in [6, 6.07) is 24.5. The predicted octanol–water partition coefficient (Wildman–Crippen LogP) is 5.42. The fourth-order valence-corrected chi connectivity index (χ4v) is 4.65. The monoisotopic (exact) mass is 424 g/mol. The summed E-state index contributed by atoms with van der Waals surface area (Å²) >= 11 is 5.61. The second-order valence-electron chi connectivity index (χ2n) is 7.95. The highest BCUT2D eigenvalue weighted by molar-refractivity contribution is 7.80. The number of nitrogens with zero attached hydrogens (tertiary/aromatic N) is 3. The molecule has 0 amide bonds. The van der Waals surface area contributed by atoms with Gasteiger partial charge in [0.1, 0.15) is 11.3 Å². The number of nitrogens with one attached hydrogen (secondary N) is 1. The van der Waals surface area contributed by atoms with Crippen LogP contribution in [0.1, 0.15) is 17.9 Å². The number of aromatic amines is 1. The number of para-hydroxylation sites is 1. The summed E-state index contributed by atoms with van der Waals surface area (Å²) in [4.78, 5) is 15.1. The van der Waals surface area contributed by atoms with Crippen molar-refractivity contribution >= 4 is 50.5 Å². The van der Waals surface area contributed by atoms with E-state index in [0.717, 1.165) is 52.6 Å². The molecule has 2 aromatic heterocycles. The van der Waals surface area contributed by atoms with Crippen LogP contribution in [0.25, 0.3) is 33.1 Å². The van der Waals surface area contributed by atoms with Crippen molar-refractivity contribution < 1.29 is 4.74 Å². The van der Waals surface area contributed by atoms with Gasteiger partial charge in [0.25, 0.3) is 5.17 Å². The number of hydrogen-bond acceptors (Lipinski definition) is 4. The normalized spacial score (nSPS) is 16.4. The zero-order valence-corrected chi connectivity index (χ0v) is 17.6. The van der Waals surface area contributed by atoms with E-state index in [1.807, 2.05) is 36.4 Å². The maximum absolute atomic E-state index is 6.05. The van der Waals surface area contributed by atoms with Gasteiger partial charge < -0.3 is 14.6 Å². The summed E-state index contributed by atoms with van der Waals surface area (Å²) in [7, 11) is 0. The predicted molar refractivity (Wildman–Crippen MR) is 127 cm³/mol. The fourth-order valence-electron chi connectivity index (χ4n) is 4.39. The van der Waals surface area contributed by atoms with E-state index in [-0.39, 0.29) is 0 Å². The van der Waals surface area contributed by atoms with Gasteiger partial charge in [-0.1, -0.05) is 48.5 Å². The lowest BCUT2D eigenvalue weighted by Gasteiger charge is -2.19. The van der Waals surface area contributed by atoms with Crippen molar-refractivity contribution in [1.29, 1.82) is 0 Å². The first-order chi connectivity index (χ1) is 15.2. The smallest absolute Gasteiger partial charge is 0.264 e. The highest BCUT2D eigenvalue weighted by atomic mass is 32.1. The van der Waals surface area contributed by atoms with Crippen LogP contribution in [-0.4, -0.2) is 38.1 Å². The van der Waals surface area contributed by atoms with Crippen LogP contribution in [-0.2, 0) is 0 Å². The first-order valence-corrected chi connectivity index (χ1v) is 10.9. The van der Waals surface area contributed by atoms with E-state index in [9.17, 15) is 0 Å². The van der Waals surface area contributed by atoms with Gasteiger partial charge in [-0.3, -0.25) is 0 Å². The minimum absolute atomic E-state index is 0.486. The van der Waals surface area contributed by atoms with Crippen molar-refractivity contribution in [3.63, 3.8) is 0 Å². The Labute approximate surface area is 184 Å². The van der Waals surface area contributed by atoms with Gasteiger partial charge in [-0.2, -0.15) is 0 Å². The van der Waals surface area contributed by atoms with Crippen molar-refractivity contribution in [3.05, 3.63) is 78.4 Å². The summed E-state index contributed by atoms with van der Waals surface area (Å²) in [5.74, 6) is 1.18. The molecule has 3 aromatic carbocycles. The molecular weight excluding hydrogens is 404 g/mol. The Morgan fingerprint density at radius 2 is 1.81 bits per heavy atom. The Morgan fingerprint density at radius 3 is 2.71 bits per heavy atom. The molecule has 1 N–H and O–H groups in total. The Bertz CT molecular complexity index is 1430. The lowest BCUT2D eigenvalue weighted by atomic mass is 9.99. The molecule has 6 heteroatoms. The minimum atomic E-state index is 0.486. The molecule has 0 bridgehead atoms. The molecule has 1 atom stereocenters. The second kappa shape index (κ2) is 7.32. The van der Waals surface area contributed by atoms with Crippen LogP contribution in [0.2, 0.25) is 0 Å². The van der Waals surface area contributed by atoms with Crippen LogP contribution in [0.3, 0.4) is 0 Å². The number of fused-ring (bicyclic) bond motifs is 4. The molecule has 0 saturated carbocycles. The number of thiocarbonyl (C=S) groups is 1. The van der Waals surface area contributed by atoms with Crippen molar-refractivity contribution in [2.45, 2.75) is 12.3 Å². The SMILES string of the molecule is S=C(Oc1ccc2nc3[nH]c4ccccc4c3nc2c1)N1CC[C@H](c2ccccc2)C1. The number of benzene rings is 3. The molecule has 5 nitrogen and oxygen atoms in total. The van der Waals surface area contributed by atoms with Crippen molar-refractivity contribution in [2.24, 2.45) is 0 Å².